The van der Waals surface area contributed by atoms with Crippen LogP contribution in [0.2, 0.25) is 5.02 Å². The van der Waals surface area contributed by atoms with Crippen LogP contribution in [-0.2, 0) is 6.42 Å². The number of nitrogens with one attached hydrogen (secondary N) is 1. The molecule has 3 aromatic heterocycles. The number of pyridine rings is 1. The van der Waals surface area contributed by atoms with E-state index in [2.05, 4.69) is 55.9 Å². The lowest BCUT2D eigenvalue weighted by Crippen LogP contribution is -2.45. The molecule has 180 valence electrons. The summed E-state index contributed by atoms with van der Waals surface area (Å²) in [5.41, 5.74) is 10.9. The molecule has 3 N–H and O–H groups in total. The van der Waals surface area contributed by atoms with Crippen LogP contribution in [0.4, 0.5) is 11.8 Å². The van der Waals surface area contributed by atoms with Gasteiger partial charge in [0, 0.05) is 42.6 Å². The van der Waals surface area contributed by atoms with Gasteiger partial charge in [0.25, 0.3) is 0 Å². The van der Waals surface area contributed by atoms with E-state index in [0.29, 0.717) is 16.9 Å². The summed E-state index contributed by atoms with van der Waals surface area (Å²) in [5.74, 6) is 1.28. The van der Waals surface area contributed by atoms with E-state index in [-0.39, 0.29) is 5.41 Å². The van der Waals surface area contributed by atoms with Gasteiger partial charge in [0.2, 0.25) is 5.95 Å². The SMILES string of the molecule is CN[C@@H]1c2ccccc2CC12CCN(c1nc(C)c(Sc3ccnc(N)c3Cl)c3nccn13)CC2. The number of hydrogen-bond acceptors (Lipinski definition) is 7. The third kappa shape index (κ3) is 3.66. The van der Waals surface area contributed by atoms with E-state index in [9.17, 15) is 0 Å². The van der Waals surface area contributed by atoms with Crippen LogP contribution in [0.25, 0.3) is 5.65 Å². The Kier molecular flexibility index (Phi) is 5.62. The van der Waals surface area contributed by atoms with E-state index in [1.54, 1.807) is 6.20 Å². The molecule has 1 fully saturated rings. The van der Waals surface area contributed by atoms with Crippen LogP contribution in [0, 0.1) is 12.3 Å². The molecule has 1 aliphatic carbocycles. The normalized spacial score (nSPS) is 18.9. The largest absolute Gasteiger partial charge is 0.382 e. The highest BCUT2D eigenvalue weighted by Gasteiger charge is 2.47. The first-order chi connectivity index (χ1) is 17.0. The third-order valence-corrected chi connectivity index (χ3v) is 9.35. The maximum atomic E-state index is 6.42. The first-order valence-electron chi connectivity index (χ1n) is 11.9. The molecular weight excluding hydrogens is 478 g/mol. The minimum absolute atomic E-state index is 0.256. The number of fused-ring (bicyclic) bond motifs is 2. The number of halogens is 1. The van der Waals surface area contributed by atoms with Crippen LogP contribution in [0.5, 0.6) is 0 Å². The third-order valence-electron chi connectivity index (χ3n) is 7.60. The molecular formula is C26H28ClN7S. The zero-order valence-electron chi connectivity index (χ0n) is 19.8. The van der Waals surface area contributed by atoms with Crippen molar-refractivity contribution in [1.82, 2.24) is 24.7 Å². The Morgan fingerprint density at radius 2 is 1.94 bits per heavy atom. The molecule has 2 aliphatic rings. The number of nitrogens with two attached hydrogens (primary N) is 1. The van der Waals surface area contributed by atoms with Crippen LogP contribution in [0.1, 0.15) is 35.7 Å². The Morgan fingerprint density at radius 3 is 2.74 bits per heavy atom. The summed E-state index contributed by atoms with van der Waals surface area (Å²) in [4.78, 5) is 18.0. The molecule has 0 unspecified atom stereocenters. The molecule has 9 heteroatoms. The van der Waals surface area contributed by atoms with Gasteiger partial charge in [-0.1, -0.05) is 47.6 Å². The Labute approximate surface area is 214 Å². The Bertz CT molecular complexity index is 1410. The van der Waals surface area contributed by atoms with E-state index >= 15 is 0 Å². The summed E-state index contributed by atoms with van der Waals surface area (Å²) >= 11 is 7.95. The first kappa shape index (κ1) is 22.6. The maximum absolute atomic E-state index is 6.42. The molecule has 1 atom stereocenters. The highest BCUT2D eigenvalue weighted by Crippen LogP contribution is 2.52. The van der Waals surface area contributed by atoms with Gasteiger partial charge in [0.15, 0.2) is 5.65 Å². The van der Waals surface area contributed by atoms with Gasteiger partial charge in [0.05, 0.1) is 15.6 Å². The van der Waals surface area contributed by atoms with Crippen LogP contribution in [-0.4, -0.2) is 39.5 Å². The number of anilines is 2. The van der Waals surface area contributed by atoms with Gasteiger partial charge in [-0.15, -0.1) is 0 Å². The van der Waals surface area contributed by atoms with Crippen molar-refractivity contribution in [3.05, 3.63) is 70.8 Å². The van der Waals surface area contributed by atoms with Gasteiger partial charge in [-0.2, -0.15) is 0 Å². The fourth-order valence-electron chi connectivity index (χ4n) is 5.89. The summed E-state index contributed by atoms with van der Waals surface area (Å²) in [5, 5.41) is 4.09. The average molecular weight is 506 g/mol. The smallest absolute Gasteiger partial charge is 0.211 e. The molecule has 1 spiro atoms. The van der Waals surface area contributed by atoms with E-state index in [4.69, 9.17) is 22.3 Å². The maximum Gasteiger partial charge on any atom is 0.211 e. The number of aryl methyl sites for hydroxylation is 1. The molecule has 4 heterocycles. The van der Waals surface area contributed by atoms with E-state index in [0.717, 1.165) is 59.4 Å². The van der Waals surface area contributed by atoms with E-state index in [1.807, 2.05) is 25.4 Å². The van der Waals surface area contributed by atoms with Gasteiger partial charge in [-0.25, -0.2) is 15.0 Å². The molecule has 7 nitrogen and oxygen atoms in total. The van der Waals surface area contributed by atoms with Crippen LogP contribution >= 0.6 is 23.4 Å². The monoisotopic (exact) mass is 505 g/mol. The van der Waals surface area contributed by atoms with Gasteiger partial charge < -0.3 is 16.0 Å². The lowest BCUT2D eigenvalue weighted by atomic mass is 9.73. The molecule has 1 aliphatic heterocycles. The topological polar surface area (TPSA) is 84.4 Å². The number of benzene rings is 1. The highest BCUT2D eigenvalue weighted by atomic mass is 35.5. The lowest BCUT2D eigenvalue weighted by Gasteiger charge is -2.43. The van der Waals surface area contributed by atoms with Crippen molar-refractivity contribution < 1.29 is 0 Å². The Balaban J connectivity index is 1.29. The minimum Gasteiger partial charge on any atom is -0.382 e. The molecule has 0 amide bonds. The zero-order valence-corrected chi connectivity index (χ0v) is 21.4. The minimum atomic E-state index is 0.256. The zero-order chi connectivity index (χ0) is 24.2. The van der Waals surface area contributed by atoms with Crippen molar-refractivity contribution in [2.45, 2.75) is 42.0 Å². The molecule has 6 rings (SSSR count). The van der Waals surface area contributed by atoms with Gasteiger partial charge in [-0.05, 0) is 55.8 Å². The number of imidazole rings is 1. The summed E-state index contributed by atoms with van der Waals surface area (Å²) in [7, 11) is 2.10. The second kappa shape index (κ2) is 8.69. The number of aromatic nitrogens is 4. The number of rotatable bonds is 4. The highest BCUT2D eigenvalue weighted by molar-refractivity contribution is 7.99. The van der Waals surface area contributed by atoms with Crippen LogP contribution in [0.3, 0.4) is 0 Å². The van der Waals surface area contributed by atoms with Crippen molar-refractivity contribution in [3.63, 3.8) is 0 Å². The van der Waals surface area contributed by atoms with Crippen LogP contribution < -0.4 is 16.0 Å². The molecule has 1 aromatic carbocycles. The van der Waals surface area contributed by atoms with Crippen molar-refractivity contribution >= 4 is 40.8 Å². The van der Waals surface area contributed by atoms with Crippen molar-refractivity contribution in [2.75, 3.05) is 30.8 Å². The average Bonchev–Trinajstić information content (AvgIpc) is 3.46. The predicted molar refractivity (Wildman–Crippen MR) is 141 cm³/mol. The van der Waals surface area contributed by atoms with Gasteiger partial charge >= 0.3 is 0 Å². The predicted octanol–water partition coefficient (Wildman–Crippen LogP) is 4.92. The summed E-state index contributed by atoms with van der Waals surface area (Å²) in [6.45, 7) is 3.96. The first-order valence-corrected chi connectivity index (χ1v) is 13.1. The van der Waals surface area contributed by atoms with Crippen molar-refractivity contribution in [3.8, 4) is 0 Å². The number of piperidine rings is 1. The Morgan fingerprint density at radius 1 is 1.14 bits per heavy atom. The fraction of sp³-hybridized carbons (Fsp3) is 0.346. The lowest BCUT2D eigenvalue weighted by molar-refractivity contribution is 0.166. The van der Waals surface area contributed by atoms with Crippen molar-refractivity contribution in [2.24, 2.45) is 5.41 Å². The molecule has 0 saturated carbocycles. The van der Waals surface area contributed by atoms with Gasteiger partial charge in [0.1, 0.15) is 5.82 Å². The standard InChI is InChI=1S/C26H28ClN7S/c1-16-21(35-19-7-10-30-23(28)20(19)27)24-31-11-14-34(24)25(32-16)33-12-8-26(9-13-33)15-17-5-3-4-6-18(17)22(26)29-2/h3-7,10-11,14,22,29H,8-9,12-13,15H2,1-2H3,(H2,28,30)/t22-/m1/s1. The van der Waals surface area contributed by atoms with Crippen LogP contribution in [0.15, 0.2) is 58.7 Å². The van der Waals surface area contributed by atoms with E-state index < -0.39 is 0 Å². The molecule has 0 bridgehead atoms. The van der Waals surface area contributed by atoms with Crippen molar-refractivity contribution in [1.29, 1.82) is 0 Å². The quantitative estimate of drug-likeness (QED) is 0.407. The second-order valence-corrected chi connectivity index (χ2v) is 10.9. The van der Waals surface area contributed by atoms with E-state index in [1.165, 1.54) is 22.9 Å². The summed E-state index contributed by atoms with van der Waals surface area (Å²) in [6, 6.07) is 11.2. The fourth-order valence-corrected chi connectivity index (χ4v) is 7.10. The summed E-state index contributed by atoms with van der Waals surface area (Å²) < 4.78 is 2.10. The molecule has 0 radical (unpaired) electrons. The number of nitrogens with zero attached hydrogens (tertiary/aromatic N) is 5. The molecule has 1 saturated heterocycles. The molecule has 35 heavy (non-hydrogen) atoms. The molecule has 4 aromatic rings. The Hall–Kier alpha value is -2.81. The summed E-state index contributed by atoms with van der Waals surface area (Å²) in [6.07, 6.45) is 8.88. The van der Waals surface area contributed by atoms with Gasteiger partial charge in [-0.3, -0.25) is 4.40 Å². The number of nitrogen functional groups attached to an aromatic ring is 1. The number of hydrogen-bond donors (Lipinski definition) is 2. The second-order valence-electron chi connectivity index (χ2n) is 9.50.